The van der Waals surface area contributed by atoms with Crippen LogP contribution in [0, 0.1) is 11.8 Å². The van der Waals surface area contributed by atoms with Crippen molar-refractivity contribution in [1.29, 1.82) is 0 Å². The predicted octanol–water partition coefficient (Wildman–Crippen LogP) is 5.27. The van der Waals surface area contributed by atoms with Gasteiger partial charge in [0, 0.05) is 25.2 Å². The number of hydrogen-bond acceptors (Lipinski definition) is 4. The van der Waals surface area contributed by atoms with Crippen LogP contribution in [0.25, 0.3) is 0 Å². The number of carbonyl (C=O) groups excluding carboxylic acids is 1. The number of likely N-dealkylation sites (tertiary alicyclic amines) is 1. The van der Waals surface area contributed by atoms with Crippen LogP contribution in [-0.2, 0) is 11.3 Å². The number of hydrogen-bond donors (Lipinski definition) is 1. The van der Waals surface area contributed by atoms with E-state index in [1.165, 1.54) is 37.7 Å². The molecule has 0 radical (unpaired) electrons. The van der Waals surface area contributed by atoms with Crippen molar-refractivity contribution in [3.63, 3.8) is 0 Å². The lowest BCUT2D eigenvalue weighted by atomic mass is 9.83. The van der Waals surface area contributed by atoms with Gasteiger partial charge in [-0.3, -0.25) is 14.7 Å². The van der Waals surface area contributed by atoms with E-state index in [1.807, 2.05) is 18.3 Å². The number of nitrogens with zero attached hydrogens (tertiary/aromatic N) is 2. The SMILES string of the molecule is O=C(N[C@@H](c1ccccn1)[C@H]1CCCN(Cc2cccc(OC3CCCC3)c2)C1)C1CCC1. The van der Waals surface area contributed by atoms with Crippen LogP contribution >= 0.6 is 0 Å². The van der Waals surface area contributed by atoms with Crippen molar-refractivity contribution in [2.75, 3.05) is 13.1 Å². The smallest absolute Gasteiger partial charge is 0.223 e. The molecule has 2 aromatic rings. The zero-order valence-corrected chi connectivity index (χ0v) is 19.6. The summed E-state index contributed by atoms with van der Waals surface area (Å²) in [5.74, 6) is 1.78. The third-order valence-electron chi connectivity index (χ3n) is 7.70. The minimum absolute atomic E-state index is 0.0147. The maximum atomic E-state index is 12.8. The summed E-state index contributed by atoms with van der Waals surface area (Å²) in [5, 5.41) is 3.39. The lowest BCUT2D eigenvalue weighted by Gasteiger charge is -2.38. The Morgan fingerprint density at radius 2 is 1.91 bits per heavy atom. The molecule has 2 saturated carbocycles. The van der Waals surface area contributed by atoms with E-state index in [-0.39, 0.29) is 17.9 Å². The second-order valence-electron chi connectivity index (χ2n) is 10.2. The lowest BCUT2D eigenvalue weighted by molar-refractivity contribution is -0.128. The third kappa shape index (κ3) is 5.75. The molecule has 2 atom stereocenters. The van der Waals surface area contributed by atoms with Crippen molar-refractivity contribution in [1.82, 2.24) is 15.2 Å². The zero-order chi connectivity index (χ0) is 22.5. The highest BCUT2D eigenvalue weighted by molar-refractivity contribution is 5.79. The Bertz CT molecular complexity index is 908. The van der Waals surface area contributed by atoms with E-state index in [0.29, 0.717) is 12.0 Å². The highest BCUT2D eigenvalue weighted by Gasteiger charge is 2.33. The number of benzene rings is 1. The Kier molecular flexibility index (Phi) is 7.25. The highest BCUT2D eigenvalue weighted by atomic mass is 16.5. The normalized spacial score (nSPS) is 23.1. The molecule has 1 N–H and O–H groups in total. The molecule has 176 valence electrons. The molecule has 5 nitrogen and oxygen atoms in total. The van der Waals surface area contributed by atoms with E-state index in [4.69, 9.17) is 4.74 Å². The number of aromatic nitrogens is 1. The van der Waals surface area contributed by atoms with Crippen LogP contribution in [0.2, 0.25) is 0 Å². The fourth-order valence-electron chi connectivity index (χ4n) is 5.62. The minimum atomic E-state index is -0.0147. The summed E-state index contributed by atoms with van der Waals surface area (Å²) in [4.78, 5) is 20.0. The maximum absolute atomic E-state index is 12.8. The quantitative estimate of drug-likeness (QED) is 0.599. The largest absolute Gasteiger partial charge is 0.490 e. The summed E-state index contributed by atoms with van der Waals surface area (Å²) in [6.45, 7) is 2.99. The molecule has 1 aliphatic heterocycles. The number of ether oxygens (including phenoxy) is 1. The second-order valence-corrected chi connectivity index (χ2v) is 10.2. The first-order chi connectivity index (χ1) is 16.2. The standard InChI is InChI=1S/C28H37N3O2/c32-28(22-9-6-10-22)30-27(26-15-3-4-16-29-26)23-11-7-17-31(20-23)19-21-8-5-14-25(18-21)33-24-12-1-2-13-24/h3-5,8,14-16,18,22-24,27H,1-2,6-7,9-13,17,19-20H2,(H,30,32)/t23-,27+/m0/s1. The van der Waals surface area contributed by atoms with E-state index in [9.17, 15) is 4.79 Å². The molecular formula is C28H37N3O2. The van der Waals surface area contributed by atoms with Crippen molar-refractivity contribution in [2.24, 2.45) is 11.8 Å². The summed E-state index contributed by atoms with van der Waals surface area (Å²) in [7, 11) is 0. The molecule has 3 aliphatic rings. The van der Waals surface area contributed by atoms with E-state index in [2.05, 4.69) is 45.5 Å². The molecular weight excluding hydrogens is 410 g/mol. The fourth-order valence-corrected chi connectivity index (χ4v) is 5.62. The van der Waals surface area contributed by atoms with Gasteiger partial charge in [0.25, 0.3) is 0 Å². The topological polar surface area (TPSA) is 54.5 Å². The number of nitrogens with one attached hydrogen (secondary N) is 1. The van der Waals surface area contributed by atoms with Gasteiger partial charge >= 0.3 is 0 Å². The van der Waals surface area contributed by atoms with E-state index >= 15 is 0 Å². The Balaban J connectivity index is 1.25. The summed E-state index contributed by atoms with van der Waals surface area (Å²) in [5.41, 5.74) is 2.29. The first-order valence-corrected chi connectivity index (χ1v) is 12.9. The molecule has 1 aromatic carbocycles. The Labute approximate surface area is 197 Å². The van der Waals surface area contributed by atoms with E-state index in [0.717, 1.165) is 56.8 Å². The summed E-state index contributed by atoms with van der Waals surface area (Å²) < 4.78 is 6.23. The molecule has 5 rings (SSSR count). The van der Waals surface area contributed by atoms with Crippen molar-refractivity contribution in [3.8, 4) is 5.75 Å². The van der Waals surface area contributed by atoms with Crippen LogP contribution < -0.4 is 10.1 Å². The van der Waals surface area contributed by atoms with Gasteiger partial charge in [-0.05, 0) is 93.7 Å². The van der Waals surface area contributed by atoms with Crippen molar-refractivity contribution < 1.29 is 9.53 Å². The summed E-state index contributed by atoms with van der Waals surface area (Å²) in [6.07, 6.45) is 12.6. The number of pyridine rings is 1. The van der Waals surface area contributed by atoms with Gasteiger partial charge in [0.1, 0.15) is 5.75 Å². The average Bonchev–Trinajstić information content (AvgIpc) is 3.30. The second kappa shape index (κ2) is 10.7. The predicted molar refractivity (Wildman–Crippen MR) is 130 cm³/mol. The molecule has 3 fully saturated rings. The van der Waals surface area contributed by atoms with Gasteiger partial charge in [0.05, 0.1) is 17.8 Å². The average molecular weight is 448 g/mol. The van der Waals surface area contributed by atoms with Gasteiger partial charge in [-0.2, -0.15) is 0 Å². The molecule has 2 aliphatic carbocycles. The third-order valence-corrected chi connectivity index (χ3v) is 7.70. The van der Waals surface area contributed by atoms with Crippen LogP contribution in [0.4, 0.5) is 0 Å². The molecule has 1 aromatic heterocycles. The minimum Gasteiger partial charge on any atom is -0.490 e. The van der Waals surface area contributed by atoms with E-state index in [1.54, 1.807) is 0 Å². The summed E-state index contributed by atoms with van der Waals surface area (Å²) >= 11 is 0. The van der Waals surface area contributed by atoms with E-state index < -0.39 is 0 Å². The number of rotatable bonds is 8. The van der Waals surface area contributed by atoms with Crippen molar-refractivity contribution in [3.05, 3.63) is 59.9 Å². The van der Waals surface area contributed by atoms with Gasteiger partial charge in [-0.25, -0.2) is 0 Å². The fraction of sp³-hybridized carbons (Fsp3) is 0.571. The molecule has 0 unspecified atom stereocenters. The maximum Gasteiger partial charge on any atom is 0.223 e. The number of piperidine rings is 1. The van der Waals surface area contributed by atoms with Gasteiger partial charge in [0.15, 0.2) is 0 Å². The molecule has 1 amide bonds. The first kappa shape index (κ1) is 22.4. The number of amides is 1. The van der Waals surface area contributed by atoms with Gasteiger partial charge in [-0.1, -0.05) is 24.6 Å². The highest BCUT2D eigenvalue weighted by Crippen LogP contribution is 2.33. The van der Waals surface area contributed by atoms with Crippen LogP contribution in [0.3, 0.4) is 0 Å². The zero-order valence-electron chi connectivity index (χ0n) is 19.6. The Morgan fingerprint density at radius 3 is 2.67 bits per heavy atom. The first-order valence-electron chi connectivity index (χ1n) is 12.9. The van der Waals surface area contributed by atoms with Crippen LogP contribution in [0.1, 0.15) is 75.1 Å². The van der Waals surface area contributed by atoms with Crippen molar-refractivity contribution in [2.45, 2.75) is 76.5 Å². The molecule has 1 saturated heterocycles. The molecule has 0 bridgehead atoms. The Hall–Kier alpha value is -2.40. The molecule has 33 heavy (non-hydrogen) atoms. The van der Waals surface area contributed by atoms with Gasteiger partial charge in [-0.15, -0.1) is 0 Å². The molecule has 2 heterocycles. The van der Waals surface area contributed by atoms with Crippen LogP contribution in [0.15, 0.2) is 48.7 Å². The van der Waals surface area contributed by atoms with Crippen LogP contribution in [0.5, 0.6) is 5.75 Å². The molecule has 0 spiro atoms. The lowest BCUT2D eigenvalue weighted by Crippen LogP contribution is -2.45. The Morgan fingerprint density at radius 1 is 1.03 bits per heavy atom. The van der Waals surface area contributed by atoms with Crippen molar-refractivity contribution >= 4 is 5.91 Å². The van der Waals surface area contributed by atoms with Gasteiger partial charge < -0.3 is 10.1 Å². The van der Waals surface area contributed by atoms with Crippen LogP contribution in [-0.4, -0.2) is 35.0 Å². The van der Waals surface area contributed by atoms with Gasteiger partial charge in [0.2, 0.25) is 5.91 Å². The summed E-state index contributed by atoms with van der Waals surface area (Å²) in [6, 6.07) is 14.7. The molecule has 5 heteroatoms. The monoisotopic (exact) mass is 447 g/mol. The number of carbonyl (C=O) groups is 1.